The maximum absolute atomic E-state index is 8.88. The van der Waals surface area contributed by atoms with E-state index in [1.807, 2.05) is 0 Å². The smallest absolute Gasteiger partial charge is 0.0638 e. The molecule has 0 aliphatic heterocycles. The van der Waals surface area contributed by atoms with E-state index in [-0.39, 0.29) is 12.6 Å². The third-order valence-electron chi connectivity index (χ3n) is 1.74. The van der Waals surface area contributed by atoms with Gasteiger partial charge in [0.15, 0.2) is 0 Å². The van der Waals surface area contributed by atoms with Gasteiger partial charge in [-0.2, -0.15) is 0 Å². The first-order chi connectivity index (χ1) is 5.70. The molecule has 1 unspecified atom stereocenters. The number of ether oxygens (including phenoxy) is 1. The lowest BCUT2D eigenvalue weighted by atomic mass is 10.1. The largest absolute Gasteiger partial charge is 0.395 e. The van der Waals surface area contributed by atoms with Crippen molar-refractivity contribution < 1.29 is 9.84 Å². The second-order valence-corrected chi connectivity index (χ2v) is 3.47. The van der Waals surface area contributed by atoms with Gasteiger partial charge in [0.25, 0.3) is 0 Å². The van der Waals surface area contributed by atoms with Crippen molar-refractivity contribution in [1.29, 1.82) is 0 Å². The number of rotatable bonds is 7. The first kappa shape index (κ1) is 11.9. The summed E-state index contributed by atoms with van der Waals surface area (Å²) >= 11 is 0. The number of hydrogen-bond acceptors (Lipinski definition) is 3. The highest BCUT2D eigenvalue weighted by Gasteiger charge is 2.04. The van der Waals surface area contributed by atoms with Crippen LogP contribution in [0.5, 0.6) is 0 Å². The summed E-state index contributed by atoms with van der Waals surface area (Å²) in [4.78, 5) is 0. The lowest BCUT2D eigenvalue weighted by Crippen LogP contribution is -2.37. The maximum atomic E-state index is 8.88. The van der Waals surface area contributed by atoms with Crippen LogP contribution in [0, 0.1) is 5.92 Å². The van der Waals surface area contributed by atoms with Gasteiger partial charge >= 0.3 is 0 Å². The normalized spacial score (nSPS) is 13.8. The van der Waals surface area contributed by atoms with Crippen LogP contribution >= 0.6 is 0 Å². The van der Waals surface area contributed by atoms with E-state index in [4.69, 9.17) is 9.84 Å². The van der Waals surface area contributed by atoms with Crippen molar-refractivity contribution in [2.45, 2.75) is 26.3 Å². The second kappa shape index (κ2) is 7.53. The van der Waals surface area contributed by atoms with E-state index in [1.165, 1.54) is 0 Å². The van der Waals surface area contributed by atoms with Gasteiger partial charge < -0.3 is 15.2 Å². The van der Waals surface area contributed by atoms with E-state index in [9.17, 15) is 0 Å². The molecule has 2 N–H and O–H groups in total. The van der Waals surface area contributed by atoms with E-state index in [0.717, 1.165) is 13.0 Å². The van der Waals surface area contributed by atoms with Crippen molar-refractivity contribution in [3.63, 3.8) is 0 Å². The number of aliphatic hydroxyl groups is 1. The first-order valence-corrected chi connectivity index (χ1v) is 4.53. The summed E-state index contributed by atoms with van der Waals surface area (Å²) in [6.07, 6.45) is 1.14. The third kappa shape index (κ3) is 6.58. The molecule has 0 rings (SSSR count). The summed E-state index contributed by atoms with van der Waals surface area (Å²) in [5, 5.41) is 12.1. The fraction of sp³-hybridized carbons (Fsp3) is 1.00. The fourth-order valence-electron chi connectivity index (χ4n) is 0.953. The molecule has 0 saturated carbocycles. The van der Waals surface area contributed by atoms with E-state index in [1.54, 1.807) is 7.11 Å². The van der Waals surface area contributed by atoms with Gasteiger partial charge in [-0.15, -0.1) is 0 Å². The van der Waals surface area contributed by atoms with Crippen LogP contribution in [0.15, 0.2) is 0 Å². The zero-order valence-electron chi connectivity index (χ0n) is 8.34. The van der Waals surface area contributed by atoms with Crippen molar-refractivity contribution in [1.82, 2.24) is 5.32 Å². The Morgan fingerprint density at radius 1 is 1.42 bits per heavy atom. The van der Waals surface area contributed by atoms with Crippen LogP contribution in [0.3, 0.4) is 0 Å². The molecule has 0 spiro atoms. The van der Waals surface area contributed by atoms with Gasteiger partial charge in [0.1, 0.15) is 0 Å². The number of methoxy groups -OCH3 is 1. The maximum Gasteiger partial charge on any atom is 0.0638 e. The Balaban J connectivity index is 3.31. The molecule has 0 aromatic rings. The molecule has 1 atom stereocenters. The van der Waals surface area contributed by atoms with Crippen LogP contribution in [0.4, 0.5) is 0 Å². The Morgan fingerprint density at radius 3 is 2.50 bits per heavy atom. The van der Waals surface area contributed by atoms with Gasteiger partial charge in [0, 0.05) is 7.11 Å². The van der Waals surface area contributed by atoms with Crippen molar-refractivity contribution in [3.8, 4) is 0 Å². The van der Waals surface area contributed by atoms with E-state index >= 15 is 0 Å². The molecule has 0 aromatic heterocycles. The Morgan fingerprint density at radius 2 is 2.08 bits per heavy atom. The monoisotopic (exact) mass is 175 g/mol. The summed E-state index contributed by atoms with van der Waals surface area (Å²) in [7, 11) is 1.65. The number of nitrogens with one attached hydrogen (secondary N) is 1. The van der Waals surface area contributed by atoms with Crippen molar-refractivity contribution >= 4 is 0 Å². The average Bonchev–Trinajstić information content (AvgIpc) is 2.02. The lowest BCUT2D eigenvalue weighted by molar-refractivity contribution is 0.128. The second-order valence-electron chi connectivity index (χ2n) is 3.47. The molecule has 0 bridgehead atoms. The molecule has 0 aromatic carbocycles. The average molecular weight is 175 g/mol. The van der Waals surface area contributed by atoms with E-state index in [2.05, 4.69) is 19.2 Å². The molecule has 0 heterocycles. The molecule has 74 valence electrons. The van der Waals surface area contributed by atoms with Crippen LogP contribution in [-0.4, -0.2) is 38.0 Å². The molecule has 0 amide bonds. The molecule has 0 radical (unpaired) electrons. The summed E-state index contributed by atoms with van der Waals surface area (Å²) in [5.41, 5.74) is 0. The summed E-state index contributed by atoms with van der Waals surface area (Å²) in [6, 6.07) is 0.0914. The Kier molecular flexibility index (Phi) is 7.45. The van der Waals surface area contributed by atoms with E-state index < -0.39 is 0 Å². The number of hydrogen-bond donors (Lipinski definition) is 2. The molecule has 3 nitrogen and oxygen atoms in total. The molecular weight excluding hydrogens is 154 g/mol. The fourth-order valence-corrected chi connectivity index (χ4v) is 0.953. The minimum atomic E-state index is 0.0914. The third-order valence-corrected chi connectivity index (χ3v) is 1.74. The summed E-state index contributed by atoms with van der Waals surface area (Å²) < 4.78 is 4.93. The van der Waals surface area contributed by atoms with E-state index in [0.29, 0.717) is 12.5 Å². The van der Waals surface area contributed by atoms with Crippen LogP contribution in [0.1, 0.15) is 20.3 Å². The highest BCUT2D eigenvalue weighted by Crippen LogP contribution is 1.97. The Bertz CT molecular complexity index is 96.5. The highest BCUT2D eigenvalue weighted by atomic mass is 16.5. The van der Waals surface area contributed by atoms with Crippen LogP contribution in [0.2, 0.25) is 0 Å². The molecule has 0 fully saturated rings. The minimum Gasteiger partial charge on any atom is -0.395 e. The molecule has 3 heteroatoms. The quantitative estimate of drug-likeness (QED) is 0.596. The Hall–Kier alpha value is -0.120. The zero-order chi connectivity index (χ0) is 9.40. The zero-order valence-corrected chi connectivity index (χ0v) is 8.34. The SMILES string of the molecule is COCC(CO)NCCC(C)C. The lowest BCUT2D eigenvalue weighted by Gasteiger charge is -2.15. The molecule has 0 aliphatic carbocycles. The predicted molar refractivity (Wildman–Crippen MR) is 50.2 cm³/mol. The standard InChI is InChI=1S/C9H21NO2/c1-8(2)4-5-10-9(6-11)7-12-3/h8-11H,4-7H2,1-3H3. The highest BCUT2D eigenvalue weighted by molar-refractivity contribution is 4.64. The molecular formula is C9H21NO2. The molecule has 0 saturated heterocycles. The van der Waals surface area contributed by atoms with Gasteiger partial charge in [-0.25, -0.2) is 0 Å². The van der Waals surface area contributed by atoms with Crippen LogP contribution < -0.4 is 5.32 Å². The molecule has 0 aliphatic rings. The van der Waals surface area contributed by atoms with Gasteiger partial charge in [-0.3, -0.25) is 0 Å². The van der Waals surface area contributed by atoms with Gasteiger partial charge in [0.2, 0.25) is 0 Å². The van der Waals surface area contributed by atoms with Gasteiger partial charge in [-0.05, 0) is 18.9 Å². The summed E-state index contributed by atoms with van der Waals surface area (Å²) in [5.74, 6) is 0.708. The number of aliphatic hydroxyl groups excluding tert-OH is 1. The van der Waals surface area contributed by atoms with Crippen LogP contribution in [0.25, 0.3) is 0 Å². The predicted octanol–water partition coefficient (Wildman–Crippen LogP) is 0.629. The van der Waals surface area contributed by atoms with Crippen molar-refractivity contribution in [2.24, 2.45) is 5.92 Å². The van der Waals surface area contributed by atoms with Crippen molar-refractivity contribution in [2.75, 3.05) is 26.9 Å². The molecule has 12 heavy (non-hydrogen) atoms. The van der Waals surface area contributed by atoms with Gasteiger partial charge in [0.05, 0.1) is 19.3 Å². The minimum absolute atomic E-state index is 0.0914. The van der Waals surface area contributed by atoms with Crippen molar-refractivity contribution in [3.05, 3.63) is 0 Å². The van der Waals surface area contributed by atoms with Gasteiger partial charge in [-0.1, -0.05) is 13.8 Å². The topological polar surface area (TPSA) is 41.5 Å². The first-order valence-electron chi connectivity index (χ1n) is 4.53. The van der Waals surface area contributed by atoms with Crippen LogP contribution in [-0.2, 0) is 4.74 Å². The Labute approximate surface area is 75.1 Å². The summed E-state index contributed by atoms with van der Waals surface area (Å²) in [6.45, 7) is 6.05.